The van der Waals surface area contributed by atoms with Crippen molar-refractivity contribution in [3.63, 3.8) is 0 Å². The molecule has 0 radical (unpaired) electrons. The lowest BCUT2D eigenvalue weighted by Crippen LogP contribution is -1.94. The van der Waals surface area contributed by atoms with Crippen molar-refractivity contribution in [1.82, 2.24) is 4.98 Å². The van der Waals surface area contributed by atoms with Crippen LogP contribution in [0.1, 0.15) is 11.1 Å². The van der Waals surface area contributed by atoms with E-state index in [1.54, 1.807) is 7.11 Å². The first-order chi connectivity index (χ1) is 11.7. The minimum absolute atomic E-state index is 0.821. The maximum Gasteiger partial charge on any atom is 0.145 e. The lowest BCUT2D eigenvalue weighted by molar-refractivity contribution is 0.419. The van der Waals surface area contributed by atoms with Crippen molar-refractivity contribution in [3.8, 4) is 17.0 Å². The van der Waals surface area contributed by atoms with Gasteiger partial charge in [0.1, 0.15) is 11.3 Å². The molecule has 0 saturated heterocycles. The molecule has 0 aliphatic rings. The summed E-state index contributed by atoms with van der Waals surface area (Å²) in [5.41, 5.74) is 5.48. The van der Waals surface area contributed by atoms with Gasteiger partial charge in [0.25, 0.3) is 0 Å². The van der Waals surface area contributed by atoms with Crippen LogP contribution < -0.4 is 4.74 Å². The Morgan fingerprint density at radius 2 is 1.58 bits per heavy atom. The summed E-state index contributed by atoms with van der Waals surface area (Å²) in [5, 5.41) is 3.65. The molecule has 3 aromatic carbocycles. The van der Waals surface area contributed by atoms with E-state index >= 15 is 0 Å². The molecule has 24 heavy (non-hydrogen) atoms. The van der Waals surface area contributed by atoms with Gasteiger partial charge in [-0.3, -0.25) is 0 Å². The van der Waals surface area contributed by atoms with E-state index in [2.05, 4.69) is 68.4 Å². The zero-order valence-corrected chi connectivity index (χ0v) is 14.1. The van der Waals surface area contributed by atoms with Gasteiger partial charge in [-0.25, -0.2) is 4.98 Å². The van der Waals surface area contributed by atoms with Gasteiger partial charge in [-0.15, -0.1) is 0 Å². The third-order valence-corrected chi connectivity index (χ3v) is 4.59. The van der Waals surface area contributed by atoms with Crippen molar-refractivity contribution in [2.24, 2.45) is 0 Å². The Hall–Kier alpha value is -2.87. The van der Waals surface area contributed by atoms with E-state index in [-0.39, 0.29) is 0 Å². The fourth-order valence-corrected chi connectivity index (χ4v) is 3.37. The molecule has 1 heterocycles. The third-order valence-electron chi connectivity index (χ3n) is 4.59. The SMILES string of the molecule is COc1ccc(C)c2c(C)cc(-c3ccc4ccccc4c3)nc12. The van der Waals surface area contributed by atoms with Crippen LogP contribution >= 0.6 is 0 Å². The highest BCUT2D eigenvalue weighted by atomic mass is 16.5. The highest BCUT2D eigenvalue weighted by Gasteiger charge is 2.11. The first-order valence-corrected chi connectivity index (χ1v) is 8.11. The number of pyridine rings is 1. The first kappa shape index (κ1) is 14.7. The lowest BCUT2D eigenvalue weighted by atomic mass is 10.00. The van der Waals surface area contributed by atoms with Gasteiger partial charge < -0.3 is 4.74 Å². The van der Waals surface area contributed by atoms with Gasteiger partial charge in [-0.05, 0) is 53.9 Å². The summed E-state index contributed by atoms with van der Waals surface area (Å²) in [6.07, 6.45) is 0. The molecule has 4 aromatic rings. The number of benzene rings is 3. The molecule has 0 saturated carbocycles. The van der Waals surface area contributed by atoms with Crippen molar-refractivity contribution in [1.29, 1.82) is 0 Å². The second-order valence-electron chi connectivity index (χ2n) is 6.19. The number of hydrogen-bond acceptors (Lipinski definition) is 2. The molecule has 4 rings (SSSR count). The van der Waals surface area contributed by atoms with Crippen molar-refractivity contribution in [3.05, 3.63) is 71.8 Å². The predicted octanol–water partition coefficient (Wildman–Crippen LogP) is 5.68. The fourth-order valence-electron chi connectivity index (χ4n) is 3.37. The molecular weight excluding hydrogens is 294 g/mol. The normalized spacial score (nSPS) is 11.1. The number of hydrogen-bond donors (Lipinski definition) is 0. The fraction of sp³-hybridized carbons (Fsp3) is 0.136. The molecule has 0 aliphatic heterocycles. The quantitative estimate of drug-likeness (QED) is 0.475. The summed E-state index contributed by atoms with van der Waals surface area (Å²) in [6.45, 7) is 4.26. The lowest BCUT2D eigenvalue weighted by Gasteiger charge is -2.12. The van der Waals surface area contributed by atoms with Crippen LogP contribution in [0.2, 0.25) is 0 Å². The number of rotatable bonds is 2. The zero-order chi connectivity index (χ0) is 16.7. The van der Waals surface area contributed by atoms with Gasteiger partial charge in [0.2, 0.25) is 0 Å². The molecule has 0 unspecified atom stereocenters. The van der Waals surface area contributed by atoms with Gasteiger partial charge in [0.05, 0.1) is 12.8 Å². The summed E-state index contributed by atoms with van der Waals surface area (Å²) in [4.78, 5) is 4.92. The Balaban J connectivity index is 1.99. The maximum absolute atomic E-state index is 5.54. The monoisotopic (exact) mass is 313 g/mol. The van der Waals surface area contributed by atoms with Gasteiger partial charge in [-0.1, -0.05) is 42.5 Å². The second kappa shape index (κ2) is 5.64. The van der Waals surface area contributed by atoms with E-state index in [0.29, 0.717) is 0 Å². The van der Waals surface area contributed by atoms with Crippen LogP contribution in [-0.2, 0) is 0 Å². The van der Waals surface area contributed by atoms with Crippen LogP contribution in [0.5, 0.6) is 5.75 Å². The molecule has 0 aliphatic carbocycles. The average molecular weight is 313 g/mol. The van der Waals surface area contributed by atoms with Crippen molar-refractivity contribution >= 4 is 21.7 Å². The van der Waals surface area contributed by atoms with E-state index < -0.39 is 0 Å². The molecule has 2 nitrogen and oxygen atoms in total. The van der Waals surface area contributed by atoms with Gasteiger partial charge >= 0.3 is 0 Å². The Morgan fingerprint density at radius 1 is 0.792 bits per heavy atom. The van der Waals surface area contributed by atoms with Crippen LogP contribution in [-0.4, -0.2) is 12.1 Å². The van der Waals surface area contributed by atoms with E-state index in [1.807, 2.05) is 6.07 Å². The molecular formula is C22H19NO. The molecule has 0 bridgehead atoms. The maximum atomic E-state index is 5.54. The van der Waals surface area contributed by atoms with Gasteiger partial charge in [0.15, 0.2) is 0 Å². The first-order valence-electron chi connectivity index (χ1n) is 8.11. The molecule has 0 fully saturated rings. The van der Waals surface area contributed by atoms with Gasteiger partial charge in [-0.2, -0.15) is 0 Å². The highest BCUT2D eigenvalue weighted by Crippen LogP contribution is 2.33. The number of aryl methyl sites for hydroxylation is 2. The van der Waals surface area contributed by atoms with Gasteiger partial charge in [0, 0.05) is 10.9 Å². The molecule has 0 spiro atoms. The topological polar surface area (TPSA) is 22.1 Å². The molecule has 0 amide bonds. The van der Waals surface area contributed by atoms with E-state index in [0.717, 1.165) is 22.5 Å². The Labute approximate surface area is 141 Å². The molecule has 118 valence electrons. The number of nitrogens with zero attached hydrogens (tertiary/aromatic N) is 1. The molecule has 0 N–H and O–H groups in total. The number of methoxy groups -OCH3 is 1. The predicted molar refractivity (Wildman–Crippen MR) is 101 cm³/mol. The van der Waals surface area contributed by atoms with E-state index in [9.17, 15) is 0 Å². The summed E-state index contributed by atoms with van der Waals surface area (Å²) in [7, 11) is 1.70. The second-order valence-corrected chi connectivity index (χ2v) is 6.19. The number of ether oxygens (including phenoxy) is 1. The van der Waals surface area contributed by atoms with E-state index in [4.69, 9.17) is 9.72 Å². The van der Waals surface area contributed by atoms with Crippen LogP contribution in [0.15, 0.2) is 60.7 Å². The summed E-state index contributed by atoms with van der Waals surface area (Å²) in [6, 6.07) is 21.1. The minimum atomic E-state index is 0.821. The van der Waals surface area contributed by atoms with Crippen molar-refractivity contribution < 1.29 is 4.74 Å². The van der Waals surface area contributed by atoms with Crippen LogP contribution in [0, 0.1) is 13.8 Å². The summed E-state index contributed by atoms with van der Waals surface area (Å²) < 4.78 is 5.54. The minimum Gasteiger partial charge on any atom is -0.494 e. The Bertz CT molecular complexity index is 1070. The number of fused-ring (bicyclic) bond motifs is 2. The standard InChI is InChI=1S/C22H19NO/c1-14-8-11-20(24-3)22-21(14)15(2)12-19(23-22)18-10-9-16-6-4-5-7-17(16)13-18/h4-13H,1-3H3. The Kier molecular flexibility index (Phi) is 3.46. The smallest absolute Gasteiger partial charge is 0.145 e. The largest absolute Gasteiger partial charge is 0.494 e. The summed E-state index contributed by atoms with van der Waals surface area (Å²) >= 11 is 0. The van der Waals surface area contributed by atoms with Crippen LogP contribution in [0.4, 0.5) is 0 Å². The zero-order valence-electron chi connectivity index (χ0n) is 14.1. The third kappa shape index (κ3) is 2.31. The van der Waals surface area contributed by atoms with Crippen molar-refractivity contribution in [2.75, 3.05) is 7.11 Å². The molecule has 2 heteroatoms. The average Bonchev–Trinajstić information content (AvgIpc) is 2.61. The molecule has 1 aromatic heterocycles. The number of aromatic nitrogens is 1. The van der Waals surface area contributed by atoms with Crippen LogP contribution in [0.3, 0.4) is 0 Å². The Morgan fingerprint density at radius 3 is 2.38 bits per heavy atom. The highest BCUT2D eigenvalue weighted by molar-refractivity contribution is 5.93. The van der Waals surface area contributed by atoms with Crippen molar-refractivity contribution in [2.45, 2.75) is 13.8 Å². The molecule has 0 atom stereocenters. The van der Waals surface area contributed by atoms with E-state index in [1.165, 1.54) is 27.3 Å². The summed E-state index contributed by atoms with van der Waals surface area (Å²) in [5.74, 6) is 0.821. The van der Waals surface area contributed by atoms with Crippen LogP contribution in [0.25, 0.3) is 32.9 Å².